The van der Waals surface area contributed by atoms with Crippen LogP contribution in [0.25, 0.3) is 22.3 Å². The van der Waals surface area contributed by atoms with Gasteiger partial charge in [-0.05, 0) is 24.6 Å². The van der Waals surface area contributed by atoms with Gasteiger partial charge in [0.2, 0.25) is 0 Å². The summed E-state index contributed by atoms with van der Waals surface area (Å²) in [5.41, 5.74) is 4.74. The topological polar surface area (TPSA) is 95.8 Å². The Morgan fingerprint density at radius 1 is 1.29 bits per heavy atom. The van der Waals surface area contributed by atoms with E-state index in [1.54, 1.807) is 12.3 Å². The van der Waals surface area contributed by atoms with Crippen LogP contribution in [0, 0.1) is 6.92 Å². The van der Waals surface area contributed by atoms with Gasteiger partial charge in [0, 0.05) is 30.4 Å². The highest BCUT2D eigenvalue weighted by Crippen LogP contribution is 2.26. The van der Waals surface area contributed by atoms with Crippen molar-refractivity contribution >= 4 is 16.9 Å². The lowest BCUT2D eigenvalue weighted by molar-refractivity contribution is 0.0911. The van der Waals surface area contributed by atoms with E-state index in [1.165, 1.54) is 6.33 Å². The molecule has 0 saturated heterocycles. The van der Waals surface area contributed by atoms with Crippen LogP contribution in [0.15, 0.2) is 55.1 Å². The highest BCUT2D eigenvalue weighted by molar-refractivity contribution is 5.96. The van der Waals surface area contributed by atoms with Crippen molar-refractivity contribution < 1.29 is 9.90 Å². The predicted molar refractivity (Wildman–Crippen MR) is 107 cm³/mol. The minimum atomic E-state index is -0.473. The number of aliphatic hydroxyl groups excluding tert-OH is 1. The third-order valence-electron chi connectivity index (χ3n) is 4.80. The summed E-state index contributed by atoms with van der Waals surface area (Å²) in [6.07, 6.45) is 5.20. The van der Waals surface area contributed by atoms with E-state index >= 15 is 0 Å². The number of carbonyl (C=O) groups is 1. The molecular weight excluding hydrogens is 354 g/mol. The molecule has 3 heterocycles. The number of hydrogen-bond donors (Lipinski definition) is 3. The molecule has 4 rings (SSSR count). The van der Waals surface area contributed by atoms with Gasteiger partial charge in [-0.15, -0.1) is 0 Å². The van der Waals surface area contributed by atoms with E-state index in [1.807, 2.05) is 55.1 Å². The Kier molecular flexibility index (Phi) is 4.67. The van der Waals surface area contributed by atoms with E-state index in [2.05, 4.69) is 20.3 Å². The Hall–Kier alpha value is -3.45. The zero-order chi connectivity index (χ0) is 19.7. The SMILES string of the molecule is Cc1cccc([C@H](CO)NC(=O)c2cc(-c3ncnc4c3ccn4C)c[nH]2)c1. The zero-order valence-electron chi connectivity index (χ0n) is 15.7. The Balaban J connectivity index is 1.59. The van der Waals surface area contributed by atoms with Gasteiger partial charge >= 0.3 is 0 Å². The molecule has 3 N–H and O–H groups in total. The number of nitrogens with zero attached hydrogens (tertiary/aromatic N) is 3. The standard InChI is InChI=1S/C21H21N5O2/c1-13-4-3-5-14(8-13)18(11-27)25-21(28)17-9-15(10-22-17)19-16-6-7-26(2)20(16)24-12-23-19/h3-10,12,18,22,27H,11H2,1-2H3,(H,25,28)/t18-/m0/s1. The van der Waals surface area contributed by atoms with Crippen LogP contribution in [0.4, 0.5) is 0 Å². The maximum absolute atomic E-state index is 12.7. The summed E-state index contributed by atoms with van der Waals surface area (Å²) >= 11 is 0. The molecule has 0 aliphatic rings. The van der Waals surface area contributed by atoms with Crippen molar-refractivity contribution in [2.45, 2.75) is 13.0 Å². The lowest BCUT2D eigenvalue weighted by Crippen LogP contribution is -2.31. The molecule has 0 aliphatic heterocycles. The molecule has 0 saturated carbocycles. The molecule has 142 valence electrons. The number of amides is 1. The summed E-state index contributed by atoms with van der Waals surface area (Å²) in [6, 6.07) is 11.0. The van der Waals surface area contributed by atoms with Crippen molar-refractivity contribution in [1.29, 1.82) is 0 Å². The number of aryl methyl sites for hydroxylation is 2. The van der Waals surface area contributed by atoms with Gasteiger partial charge in [-0.25, -0.2) is 9.97 Å². The molecule has 4 aromatic rings. The second-order valence-corrected chi connectivity index (χ2v) is 6.81. The molecule has 28 heavy (non-hydrogen) atoms. The first kappa shape index (κ1) is 17.9. The van der Waals surface area contributed by atoms with Gasteiger partial charge in [-0.3, -0.25) is 4.79 Å². The number of benzene rings is 1. The lowest BCUT2D eigenvalue weighted by Gasteiger charge is -2.16. The van der Waals surface area contributed by atoms with E-state index in [0.29, 0.717) is 5.69 Å². The van der Waals surface area contributed by atoms with Gasteiger partial charge in [0.1, 0.15) is 17.7 Å². The molecule has 7 nitrogen and oxygen atoms in total. The monoisotopic (exact) mass is 375 g/mol. The third-order valence-corrected chi connectivity index (χ3v) is 4.80. The van der Waals surface area contributed by atoms with Crippen molar-refractivity contribution in [3.63, 3.8) is 0 Å². The first-order valence-electron chi connectivity index (χ1n) is 9.00. The van der Waals surface area contributed by atoms with Crippen LogP contribution in [-0.4, -0.2) is 37.1 Å². The number of aromatic nitrogens is 4. The maximum Gasteiger partial charge on any atom is 0.268 e. The van der Waals surface area contributed by atoms with E-state index in [-0.39, 0.29) is 12.5 Å². The van der Waals surface area contributed by atoms with Gasteiger partial charge < -0.3 is 20.0 Å². The number of rotatable bonds is 5. The second-order valence-electron chi connectivity index (χ2n) is 6.81. The number of fused-ring (bicyclic) bond motifs is 1. The maximum atomic E-state index is 12.7. The largest absolute Gasteiger partial charge is 0.394 e. The number of nitrogens with one attached hydrogen (secondary N) is 2. The van der Waals surface area contributed by atoms with Gasteiger partial charge in [0.05, 0.1) is 18.3 Å². The fraction of sp³-hybridized carbons (Fsp3) is 0.190. The number of aromatic amines is 1. The Morgan fingerprint density at radius 3 is 2.93 bits per heavy atom. The fourth-order valence-electron chi connectivity index (χ4n) is 3.33. The van der Waals surface area contributed by atoms with Crippen molar-refractivity contribution in [3.05, 3.63) is 71.9 Å². The van der Waals surface area contributed by atoms with Crippen LogP contribution in [0.2, 0.25) is 0 Å². The molecule has 1 atom stereocenters. The average molecular weight is 375 g/mol. The Bertz CT molecular complexity index is 1140. The molecule has 1 amide bonds. The van der Waals surface area contributed by atoms with Gasteiger partial charge in [0.15, 0.2) is 0 Å². The van der Waals surface area contributed by atoms with Crippen LogP contribution in [0.3, 0.4) is 0 Å². The summed E-state index contributed by atoms with van der Waals surface area (Å²) in [6.45, 7) is 1.79. The summed E-state index contributed by atoms with van der Waals surface area (Å²) < 4.78 is 1.93. The number of hydrogen-bond acceptors (Lipinski definition) is 4. The van der Waals surface area contributed by atoms with Crippen LogP contribution in [-0.2, 0) is 7.05 Å². The smallest absolute Gasteiger partial charge is 0.268 e. The number of H-pyrrole nitrogens is 1. The number of aliphatic hydroxyl groups is 1. The summed E-state index contributed by atoms with van der Waals surface area (Å²) in [5, 5.41) is 13.5. The summed E-state index contributed by atoms with van der Waals surface area (Å²) in [4.78, 5) is 24.4. The van der Waals surface area contributed by atoms with Crippen molar-refractivity contribution in [3.8, 4) is 11.3 Å². The third kappa shape index (κ3) is 3.27. The minimum absolute atomic E-state index is 0.181. The first-order chi connectivity index (χ1) is 13.6. The van der Waals surface area contributed by atoms with E-state index in [9.17, 15) is 9.90 Å². The van der Waals surface area contributed by atoms with Gasteiger partial charge in [-0.2, -0.15) is 0 Å². The zero-order valence-corrected chi connectivity index (χ0v) is 15.7. The Labute approximate surface area is 162 Å². The van der Waals surface area contributed by atoms with Crippen LogP contribution in [0.5, 0.6) is 0 Å². The first-order valence-corrected chi connectivity index (χ1v) is 9.00. The second kappa shape index (κ2) is 7.28. The molecule has 7 heteroatoms. The predicted octanol–water partition coefficient (Wildman–Crippen LogP) is 2.74. The fourth-order valence-corrected chi connectivity index (χ4v) is 3.33. The minimum Gasteiger partial charge on any atom is -0.394 e. The van der Waals surface area contributed by atoms with Crippen LogP contribution < -0.4 is 5.32 Å². The molecule has 0 radical (unpaired) electrons. The van der Waals surface area contributed by atoms with Gasteiger partial charge in [0.25, 0.3) is 5.91 Å². The quantitative estimate of drug-likeness (QED) is 0.500. The summed E-state index contributed by atoms with van der Waals surface area (Å²) in [7, 11) is 1.93. The number of carbonyl (C=O) groups excluding carboxylic acids is 1. The molecule has 0 spiro atoms. The van der Waals surface area contributed by atoms with Crippen molar-refractivity contribution in [2.75, 3.05) is 6.61 Å². The summed E-state index contributed by atoms with van der Waals surface area (Å²) in [5.74, 6) is -0.287. The van der Waals surface area contributed by atoms with E-state index in [4.69, 9.17) is 0 Å². The molecule has 0 bridgehead atoms. The Morgan fingerprint density at radius 2 is 2.14 bits per heavy atom. The van der Waals surface area contributed by atoms with Crippen molar-refractivity contribution in [2.24, 2.45) is 7.05 Å². The highest BCUT2D eigenvalue weighted by atomic mass is 16.3. The van der Waals surface area contributed by atoms with E-state index < -0.39 is 6.04 Å². The normalized spacial score (nSPS) is 12.2. The van der Waals surface area contributed by atoms with Gasteiger partial charge in [-0.1, -0.05) is 29.8 Å². The molecule has 0 unspecified atom stereocenters. The molecular formula is C21H21N5O2. The molecule has 3 aromatic heterocycles. The highest BCUT2D eigenvalue weighted by Gasteiger charge is 2.18. The average Bonchev–Trinajstić information content (AvgIpc) is 3.33. The van der Waals surface area contributed by atoms with Crippen LogP contribution >= 0.6 is 0 Å². The van der Waals surface area contributed by atoms with E-state index in [0.717, 1.165) is 33.4 Å². The van der Waals surface area contributed by atoms with Crippen molar-refractivity contribution in [1.82, 2.24) is 24.8 Å². The molecule has 0 fully saturated rings. The molecule has 1 aromatic carbocycles. The lowest BCUT2D eigenvalue weighted by atomic mass is 10.0. The molecule has 0 aliphatic carbocycles. The van der Waals surface area contributed by atoms with Crippen LogP contribution in [0.1, 0.15) is 27.7 Å².